The van der Waals surface area contributed by atoms with Crippen LogP contribution < -0.4 is 0 Å². The van der Waals surface area contributed by atoms with Crippen LogP contribution >= 0.6 is 0 Å². The summed E-state index contributed by atoms with van der Waals surface area (Å²) in [6.45, 7) is 3.84. The summed E-state index contributed by atoms with van der Waals surface area (Å²) < 4.78 is 10.1. The highest BCUT2D eigenvalue weighted by Crippen LogP contribution is 2.11. The Bertz CT molecular complexity index is 374. The van der Waals surface area contributed by atoms with Crippen LogP contribution in [0.2, 0.25) is 0 Å². The lowest BCUT2D eigenvalue weighted by Crippen LogP contribution is -1.98. The van der Waals surface area contributed by atoms with Crippen molar-refractivity contribution in [1.29, 1.82) is 0 Å². The van der Waals surface area contributed by atoms with Crippen LogP contribution in [0.5, 0.6) is 0 Å². The summed E-state index contributed by atoms with van der Waals surface area (Å²) in [4.78, 5) is 21.7. The van der Waals surface area contributed by atoms with E-state index >= 15 is 0 Å². The molecule has 4 nitrogen and oxygen atoms in total. The number of allylic oxidation sites excluding steroid dienone is 4. The Hall–Kier alpha value is -1.84. The number of esters is 1. The van der Waals surface area contributed by atoms with Crippen molar-refractivity contribution in [3.63, 3.8) is 0 Å². The fourth-order valence-corrected chi connectivity index (χ4v) is 1.19. The summed E-state index contributed by atoms with van der Waals surface area (Å²) in [5.41, 5.74) is 0. The predicted molar refractivity (Wildman–Crippen MR) is 58.3 cm³/mol. The van der Waals surface area contributed by atoms with Crippen molar-refractivity contribution >= 4 is 11.8 Å². The predicted octanol–water partition coefficient (Wildman–Crippen LogP) is 1.88. The van der Waals surface area contributed by atoms with Gasteiger partial charge in [-0.1, -0.05) is 0 Å². The van der Waals surface area contributed by atoms with Gasteiger partial charge in [-0.15, -0.1) is 0 Å². The maximum absolute atomic E-state index is 10.9. The Balaban J connectivity index is 2.67. The average molecular weight is 222 g/mol. The van der Waals surface area contributed by atoms with E-state index in [1.807, 2.05) is 6.92 Å². The Morgan fingerprint density at radius 1 is 1.50 bits per heavy atom. The van der Waals surface area contributed by atoms with Gasteiger partial charge in [0, 0.05) is 6.08 Å². The first kappa shape index (κ1) is 12.2. The van der Waals surface area contributed by atoms with Gasteiger partial charge in [0.05, 0.1) is 13.0 Å². The fourth-order valence-electron chi connectivity index (χ4n) is 1.19. The van der Waals surface area contributed by atoms with Crippen molar-refractivity contribution in [2.45, 2.75) is 20.3 Å². The quantitative estimate of drug-likeness (QED) is 0.526. The number of ketones is 1. The second-order valence-electron chi connectivity index (χ2n) is 3.27. The molecule has 1 aliphatic rings. The molecule has 0 aliphatic carbocycles. The molecule has 0 N–H and O–H groups in total. The van der Waals surface area contributed by atoms with E-state index in [-0.39, 0.29) is 18.2 Å². The Kier molecular flexibility index (Phi) is 4.51. The van der Waals surface area contributed by atoms with Crippen LogP contribution in [0.25, 0.3) is 0 Å². The minimum atomic E-state index is -0.385. The number of ether oxygens (including phenoxy) is 2. The van der Waals surface area contributed by atoms with Crippen LogP contribution in [-0.4, -0.2) is 18.4 Å². The summed E-state index contributed by atoms with van der Waals surface area (Å²) in [5.74, 6) is 0.658. The normalized spacial score (nSPS) is 17.8. The minimum Gasteiger partial charge on any atom is -0.498 e. The molecule has 0 aromatic carbocycles. The maximum atomic E-state index is 10.9. The molecule has 0 saturated heterocycles. The first-order valence-electron chi connectivity index (χ1n) is 5.04. The van der Waals surface area contributed by atoms with Crippen molar-refractivity contribution in [3.8, 4) is 0 Å². The molecule has 86 valence electrons. The number of rotatable bonds is 5. The van der Waals surface area contributed by atoms with E-state index in [0.717, 1.165) is 0 Å². The molecule has 0 fully saturated rings. The van der Waals surface area contributed by atoms with Crippen LogP contribution in [0.1, 0.15) is 20.3 Å². The lowest BCUT2D eigenvalue weighted by Gasteiger charge is -2.05. The summed E-state index contributed by atoms with van der Waals surface area (Å²) in [5, 5.41) is 0. The molecule has 0 spiro atoms. The van der Waals surface area contributed by atoms with Gasteiger partial charge in [0.15, 0.2) is 0 Å². The van der Waals surface area contributed by atoms with Crippen molar-refractivity contribution < 1.29 is 19.1 Å². The average Bonchev–Trinajstić information content (AvgIpc) is 2.60. The van der Waals surface area contributed by atoms with Gasteiger partial charge in [-0.25, -0.2) is 4.79 Å². The second-order valence-corrected chi connectivity index (χ2v) is 3.27. The van der Waals surface area contributed by atoms with Crippen molar-refractivity contribution in [2.75, 3.05) is 6.61 Å². The number of carbonyl (C=O) groups is 2. The van der Waals surface area contributed by atoms with Gasteiger partial charge in [-0.05, 0) is 32.1 Å². The summed E-state index contributed by atoms with van der Waals surface area (Å²) in [6.07, 6.45) is 6.40. The highest BCUT2D eigenvalue weighted by Gasteiger charge is 2.08. The zero-order valence-corrected chi connectivity index (χ0v) is 9.36. The first-order valence-corrected chi connectivity index (χ1v) is 5.04. The van der Waals surface area contributed by atoms with Crippen molar-refractivity contribution in [3.05, 3.63) is 35.8 Å². The molecule has 1 heterocycles. The smallest absolute Gasteiger partial charge is 0.336 e. The molecule has 0 radical (unpaired) electrons. The SMILES string of the molecule is CCOC(=CC=C1C=CC(=O)O1)CC(C)=O. The standard InChI is InChI=1S/C12H14O4/c1-3-15-11(8-9(2)13)5-4-10-6-7-12(14)16-10/h4-7H,3,8H2,1-2H3. The number of cyclic esters (lactones) is 1. The monoisotopic (exact) mass is 222 g/mol. The van der Waals surface area contributed by atoms with E-state index in [9.17, 15) is 9.59 Å². The number of hydrogen-bond acceptors (Lipinski definition) is 4. The van der Waals surface area contributed by atoms with Crippen LogP contribution in [0.4, 0.5) is 0 Å². The third kappa shape index (κ3) is 4.13. The lowest BCUT2D eigenvalue weighted by molar-refractivity contribution is -0.132. The van der Waals surface area contributed by atoms with Gasteiger partial charge in [0.2, 0.25) is 0 Å². The molecule has 0 aromatic heterocycles. The Morgan fingerprint density at radius 3 is 2.75 bits per heavy atom. The molecule has 0 saturated carbocycles. The zero-order valence-electron chi connectivity index (χ0n) is 9.36. The summed E-state index contributed by atoms with van der Waals surface area (Å²) >= 11 is 0. The van der Waals surface area contributed by atoms with E-state index in [0.29, 0.717) is 18.1 Å². The lowest BCUT2D eigenvalue weighted by atomic mass is 10.2. The molecule has 0 aromatic rings. The molecule has 16 heavy (non-hydrogen) atoms. The largest absolute Gasteiger partial charge is 0.498 e. The zero-order chi connectivity index (χ0) is 12.0. The van der Waals surface area contributed by atoms with Crippen molar-refractivity contribution in [1.82, 2.24) is 0 Å². The molecule has 1 rings (SSSR count). The second kappa shape index (κ2) is 5.90. The van der Waals surface area contributed by atoms with E-state index in [1.165, 1.54) is 13.0 Å². The molecule has 1 aliphatic heterocycles. The van der Waals surface area contributed by atoms with Crippen LogP contribution in [0.3, 0.4) is 0 Å². The number of carbonyl (C=O) groups excluding carboxylic acids is 2. The van der Waals surface area contributed by atoms with Crippen LogP contribution in [0.15, 0.2) is 35.8 Å². The Morgan fingerprint density at radius 2 is 2.25 bits per heavy atom. The molecule has 4 heteroatoms. The van der Waals surface area contributed by atoms with Crippen LogP contribution in [0, 0.1) is 0 Å². The molecule has 0 unspecified atom stereocenters. The van der Waals surface area contributed by atoms with Gasteiger partial charge < -0.3 is 9.47 Å². The van der Waals surface area contributed by atoms with Crippen molar-refractivity contribution in [2.24, 2.45) is 0 Å². The van der Waals surface area contributed by atoms with Gasteiger partial charge in [0.25, 0.3) is 0 Å². The Labute approximate surface area is 94.2 Å². The topological polar surface area (TPSA) is 52.6 Å². The van der Waals surface area contributed by atoms with E-state index < -0.39 is 0 Å². The molecule has 0 atom stereocenters. The van der Waals surface area contributed by atoms with Gasteiger partial charge in [-0.3, -0.25) is 4.79 Å². The highest BCUT2D eigenvalue weighted by atomic mass is 16.5. The molecular formula is C12H14O4. The van der Waals surface area contributed by atoms with E-state index in [2.05, 4.69) is 0 Å². The molecule has 0 bridgehead atoms. The molecular weight excluding hydrogens is 208 g/mol. The first-order chi connectivity index (χ1) is 7.61. The molecule has 0 amide bonds. The fraction of sp³-hybridized carbons (Fsp3) is 0.333. The van der Waals surface area contributed by atoms with E-state index in [4.69, 9.17) is 9.47 Å². The van der Waals surface area contributed by atoms with Gasteiger partial charge in [-0.2, -0.15) is 0 Å². The highest BCUT2D eigenvalue weighted by molar-refractivity contribution is 5.86. The summed E-state index contributed by atoms with van der Waals surface area (Å²) in [7, 11) is 0. The summed E-state index contributed by atoms with van der Waals surface area (Å²) in [6, 6.07) is 0. The minimum absolute atomic E-state index is 0.0251. The third-order valence-electron chi connectivity index (χ3n) is 1.79. The van der Waals surface area contributed by atoms with Crippen LogP contribution in [-0.2, 0) is 19.1 Å². The van der Waals surface area contributed by atoms with Gasteiger partial charge >= 0.3 is 5.97 Å². The van der Waals surface area contributed by atoms with E-state index in [1.54, 1.807) is 18.2 Å². The maximum Gasteiger partial charge on any atom is 0.336 e. The number of hydrogen-bond donors (Lipinski definition) is 0. The third-order valence-corrected chi connectivity index (χ3v) is 1.79. The van der Waals surface area contributed by atoms with Gasteiger partial charge in [0.1, 0.15) is 17.3 Å². The number of Topliss-reactive ketones (excluding diaryl/α,β-unsaturated/α-hetero) is 1.